The van der Waals surface area contributed by atoms with Crippen LogP contribution in [0.3, 0.4) is 0 Å². The lowest BCUT2D eigenvalue weighted by molar-refractivity contribution is -0.129. The highest BCUT2D eigenvalue weighted by atomic mass is 16.5. The molecule has 0 bridgehead atoms. The second-order valence-electron chi connectivity index (χ2n) is 6.01. The maximum absolute atomic E-state index is 12.1. The lowest BCUT2D eigenvalue weighted by Crippen LogP contribution is -2.26. The molecule has 0 fully saturated rings. The number of para-hydroxylation sites is 1. The Morgan fingerprint density at radius 2 is 1.77 bits per heavy atom. The van der Waals surface area contributed by atoms with Crippen LogP contribution in [0.2, 0.25) is 0 Å². The topological polar surface area (TPSA) is 74.1 Å². The average Bonchev–Trinajstić information content (AvgIpc) is 2.86. The largest absolute Gasteiger partial charge is 0.453 e. The van der Waals surface area contributed by atoms with Crippen molar-refractivity contribution in [3.63, 3.8) is 0 Å². The fraction of sp³-hybridized carbons (Fsp3) is 0.375. The molecule has 0 aliphatic carbocycles. The Balaban J connectivity index is 2.11. The Kier molecular flexibility index (Phi) is 4.40. The summed E-state index contributed by atoms with van der Waals surface area (Å²) in [5.74, 6) is -0.786. The zero-order valence-corrected chi connectivity index (χ0v) is 13.2. The van der Waals surface area contributed by atoms with Gasteiger partial charge in [-0.3, -0.25) is 4.79 Å². The van der Waals surface area contributed by atoms with Crippen molar-refractivity contribution < 1.29 is 14.3 Å². The first-order chi connectivity index (χ1) is 10.3. The maximum atomic E-state index is 12.1. The summed E-state index contributed by atoms with van der Waals surface area (Å²) < 4.78 is 5.04. The molecular weight excluding hydrogens is 282 g/mol. The molecule has 116 valence electrons. The molecule has 0 radical (unpaired) electrons. The number of carbonyl (C=O) groups excluding carboxylic acids is 2. The summed E-state index contributed by atoms with van der Waals surface area (Å²) in [4.78, 5) is 25.2. The van der Waals surface area contributed by atoms with Gasteiger partial charge >= 0.3 is 5.97 Å². The number of hydrogen-bond acceptors (Lipinski definition) is 5. The van der Waals surface area contributed by atoms with E-state index in [2.05, 4.69) is 10.2 Å². The van der Waals surface area contributed by atoms with E-state index >= 15 is 0 Å². The van der Waals surface area contributed by atoms with Crippen LogP contribution in [0.4, 0.5) is 0 Å². The van der Waals surface area contributed by atoms with Gasteiger partial charge in [-0.25, -0.2) is 4.79 Å². The van der Waals surface area contributed by atoms with Gasteiger partial charge in [0.15, 0.2) is 18.1 Å². The minimum atomic E-state index is -0.641. The van der Waals surface area contributed by atoms with E-state index in [-0.39, 0.29) is 18.1 Å². The van der Waals surface area contributed by atoms with E-state index in [1.165, 1.54) is 4.80 Å². The summed E-state index contributed by atoms with van der Waals surface area (Å²) in [5, 5.41) is 8.34. The van der Waals surface area contributed by atoms with Gasteiger partial charge in [-0.15, -0.1) is 5.10 Å². The SMILES string of the molecule is Cc1nn(-c2ccccc2)nc1C(=O)OCC(=O)C(C)(C)C. The zero-order valence-electron chi connectivity index (χ0n) is 13.2. The number of aryl methyl sites for hydroxylation is 1. The highest BCUT2D eigenvalue weighted by Crippen LogP contribution is 2.15. The van der Waals surface area contributed by atoms with Crippen molar-refractivity contribution in [3.8, 4) is 5.69 Å². The summed E-state index contributed by atoms with van der Waals surface area (Å²) in [5.41, 5.74) is 0.773. The van der Waals surface area contributed by atoms with Gasteiger partial charge in [-0.2, -0.15) is 9.90 Å². The van der Waals surface area contributed by atoms with E-state index in [9.17, 15) is 9.59 Å². The third-order valence-corrected chi connectivity index (χ3v) is 3.13. The van der Waals surface area contributed by atoms with E-state index < -0.39 is 11.4 Å². The second kappa shape index (κ2) is 6.09. The summed E-state index contributed by atoms with van der Waals surface area (Å²) >= 11 is 0. The number of nitrogens with zero attached hydrogens (tertiary/aromatic N) is 3. The fourth-order valence-electron chi connectivity index (χ4n) is 1.66. The predicted octanol–water partition coefficient (Wildman–Crippen LogP) is 2.35. The lowest BCUT2D eigenvalue weighted by Gasteiger charge is -2.15. The fourth-order valence-corrected chi connectivity index (χ4v) is 1.66. The molecule has 1 heterocycles. The van der Waals surface area contributed by atoms with Crippen LogP contribution >= 0.6 is 0 Å². The molecule has 22 heavy (non-hydrogen) atoms. The van der Waals surface area contributed by atoms with Crippen molar-refractivity contribution in [1.29, 1.82) is 0 Å². The van der Waals surface area contributed by atoms with Crippen LogP contribution in [0.1, 0.15) is 37.0 Å². The number of hydrogen-bond donors (Lipinski definition) is 0. The molecular formula is C16H19N3O3. The summed E-state index contributed by atoms with van der Waals surface area (Å²) in [6.07, 6.45) is 0. The quantitative estimate of drug-likeness (QED) is 0.810. The Morgan fingerprint density at radius 1 is 1.14 bits per heavy atom. The highest BCUT2D eigenvalue weighted by Gasteiger charge is 2.24. The molecule has 1 aromatic heterocycles. The molecule has 0 N–H and O–H groups in total. The van der Waals surface area contributed by atoms with E-state index in [0.29, 0.717) is 5.69 Å². The van der Waals surface area contributed by atoms with E-state index in [4.69, 9.17) is 4.74 Å². The number of esters is 1. The van der Waals surface area contributed by atoms with Crippen LogP contribution in [-0.4, -0.2) is 33.4 Å². The highest BCUT2D eigenvalue weighted by molar-refractivity contribution is 5.92. The van der Waals surface area contributed by atoms with Crippen LogP contribution in [0, 0.1) is 12.3 Å². The Hall–Kier alpha value is -2.50. The molecule has 0 saturated carbocycles. The van der Waals surface area contributed by atoms with Gasteiger partial charge < -0.3 is 4.74 Å². The van der Waals surface area contributed by atoms with Gasteiger partial charge in [-0.05, 0) is 19.1 Å². The van der Waals surface area contributed by atoms with Crippen LogP contribution in [0.25, 0.3) is 5.69 Å². The van der Waals surface area contributed by atoms with Gasteiger partial charge in [0, 0.05) is 5.41 Å². The van der Waals surface area contributed by atoms with Crippen molar-refractivity contribution in [2.24, 2.45) is 5.41 Å². The summed E-state index contributed by atoms with van der Waals surface area (Å²) in [6.45, 7) is 6.74. The third kappa shape index (κ3) is 3.58. The Morgan fingerprint density at radius 3 is 2.36 bits per heavy atom. The standard InChI is InChI=1S/C16H19N3O3/c1-11-14(15(21)22-10-13(20)16(2,3)4)18-19(17-11)12-8-6-5-7-9-12/h5-9H,10H2,1-4H3. The second-order valence-corrected chi connectivity index (χ2v) is 6.01. The number of ether oxygens (including phenoxy) is 1. The first-order valence-electron chi connectivity index (χ1n) is 6.99. The van der Waals surface area contributed by atoms with Crippen molar-refractivity contribution >= 4 is 11.8 Å². The Labute approximate surface area is 129 Å². The Bertz CT molecular complexity index is 684. The lowest BCUT2D eigenvalue weighted by atomic mass is 9.91. The number of carbonyl (C=O) groups is 2. The monoisotopic (exact) mass is 301 g/mol. The van der Waals surface area contributed by atoms with Crippen LogP contribution in [-0.2, 0) is 9.53 Å². The van der Waals surface area contributed by atoms with Gasteiger partial charge in [-0.1, -0.05) is 39.0 Å². The van der Waals surface area contributed by atoms with Gasteiger partial charge in [0.1, 0.15) is 0 Å². The molecule has 6 heteroatoms. The van der Waals surface area contributed by atoms with Crippen LogP contribution in [0.15, 0.2) is 30.3 Å². The normalized spacial score (nSPS) is 11.3. The average molecular weight is 301 g/mol. The first kappa shape index (κ1) is 15.9. The molecule has 0 atom stereocenters. The first-order valence-corrected chi connectivity index (χ1v) is 6.99. The zero-order chi connectivity index (χ0) is 16.3. The smallest absolute Gasteiger partial charge is 0.361 e. The minimum absolute atomic E-state index is 0.116. The summed E-state index contributed by atoms with van der Waals surface area (Å²) in [6, 6.07) is 9.25. The minimum Gasteiger partial charge on any atom is -0.453 e. The molecule has 0 saturated heterocycles. The third-order valence-electron chi connectivity index (χ3n) is 3.13. The van der Waals surface area contributed by atoms with Crippen molar-refractivity contribution in [3.05, 3.63) is 41.7 Å². The number of aromatic nitrogens is 3. The number of rotatable bonds is 4. The number of Topliss-reactive ketones (excluding diaryl/α,β-unsaturated/α-hetero) is 1. The van der Waals surface area contributed by atoms with E-state index in [1.807, 2.05) is 30.3 Å². The van der Waals surface area contributed by atoms with Crippen molar-refractivity contribution in [2.75, 3.05) is 6.61 Å². The number of benzene rings is 1. The predicted molar refractivity (Wildman–Crippen MR) is 80.8 cm³/mol. The van der Waals surface area contributed by atoms with Crippen LogP contribution in [0.5, 0.6) is 0 Å². The molecule has 2 rings (SSSR count). The molecule has 0 amide bonds. The van der Waals surface area contributed by atoms with Gasteiger partial charge in [0.25, 0.3) is 0 Å². The molecule has 2 aromatic rings. The van der Waals surface area contributed by atoms with Gasteiger partial charge in [0.05, 0.1) is 11.4 Å². The molecule has 6 nitrogen and oxygen atoms in total. The molecule has 0 aliphatic rings. The molecule has 0 aliphatic heterocycles. The summed E-state index contributed by atoms with van der Waals surface area (Å²) in [7, 11) is 0. The maximum Gasteiger partial charge on any atom is 0.361 e. The van der Waals surface area contributed by atoms with E-state index in [1.54, 1.807) is 27.7 Å². The molecule has 0 spiro atoms. The molecule has 0 unspecified atom stereocenters. The van der Waals surface area contributed by atoms with Crippen molar-refractivity contribution in [2.45, 2.75) is 27.7 Å². The van der Waals surface area contributed by atoms with Crippen LogP contribution < -0.4 is 0 Å². The molecule has 1 aromatic carbocycles. The van der Waals surface area contributed by atoms with Crippen molar-refractivity contribution in [1.82, 2.24) is 15.0 Å². The van der Waals surface area contributed by atoms with E-state index in [0.717, 1.165) is 5.69 Å². The number of ketones is 1. The van der Waals surface area contributed by atoms with Gasteiger partial charge in [0.2, 0.25) is 0 Å².